The fourth-order valence-corrected chi connectivity index (χ4v) is 1.57. The van der Waals surface area contributed by atoms with Crippen LogP contribution >= 0.6 is 0 Å². The Morgan fingerprint density at radius 1 is 1.24 bits per heavy atom. The number of hydrogen-bond acceptors (Lipinski definition) is 2. The Morgan fingerprint density at radius 2 is 1.82 bits per heavy atom. The minimum atomic E-state index is -1.29. The van der Waals surface area contributed by atoms with Crippen LogP contribution < -0.4 is 11.1 Å². The minimum absolute atomic E-state index is 0.0833. The predicted octanol–water partition coefficient (Wildman–Crippen LogP) is 1.38. The molecule has 0 aliphatic heterocycles. The van der Waals surface area contributed by atoms with Crippen LogP contribution in [-0.2, 0) is 4.79 Å². The van der Waals surface area contributed by atoms with Crippen LogP contribution in [0.3, 0.4) is 0 Å². The number of nitrogens with two attached hydrogens (primary N) is 1. The molecule has 1 aromatic carbocycles. The van der Waals surface area contributed by atoms with Crippen LogP contribution in [0.1, 0.15) is 24.4 Å². The molecule has 0 aromatic heterocycles. The van der Waals surface area contributed by atoms with Crippen molar-refractivity contribution in [2.75, 3.05) is 0 Å². The largest absolute Gasteiger partial charge is 0.368 e. The molecule has 0 spiro atoms. The first-order valence-corrected chi connectivity index (χ1v) is 5.19. The zero-order chi connectivity index (χ0) is 12.6. The number of hydrogen-bond donors (Lipinski definition) is 2. The average molecular weight is 244 g/mol. The van der Waals surface area contributed by atoms with Crippen LogP contribution in [0.25, 0.3) is 0 Å². The average Bonchev–Trinajstić information content (AvgIpc) is 3.04. The van der Waals surface area contributed by atoms with Crippen molar-refractivity contribution >= 4 is 5.91 Å². The monoisotopic (exact) mass is 244 g/mol. The molecule has 1 aliphatic rings. The van der Waals surface area contributed by atoms with Crippen molar-refractivity contribution in [1.29, 1.82) is 0 Å². The Bertz CT molecular complexity index is 460. The first-order valence-electron chi connectivity index (χ1n) is 5.19. The SMILES string of the molecule is NC(=O)C(NC1CC1)c1cc(F)c(F)cc1F. The third kappa shape index (κ3) is 2.58. The van der Waals surface area contributed by atoms with Crippen LogP contribution in [-0.4, -0.2) is 11.9 Å². The molecule has 1 aromatic rings. The number of carbonyl (C=O) groups is 1. The van der Waals surface area contributed by atoms with E-state index in [0.717, 1.165) is 12.8 Å². The highest BCUT2D eigenvalue weighted by Crippen LogP contribution is 2.26. The molecule has 2 rings (SSSR count). The summed E-state index contributed by atoms with van der Waals surface area (Å²) < 4.78 is 39.2. The van der Waals surface area contributed by atoms with Gasteiger partial charge < -0.3 is 5.73 Å². The topological polar surface area (TPSA) is 55.1 Å². The van der Waals surface area contributed by atoms with Gasteiger partial charge in [-0.25, -0.2) is 13.2 Å². The molecular formula is C11H11F3N2O. The molecule has 0 bridgehead atoms. The van der Waals surface area contributed by atoms with Crippen molar-refractivity contribution < 1.29 is 18.0 Å². The standard InChI is InChI=1S/C11H11F3N2O/c12-7-4-9(14)8(13)3-6(7)10(11(15)17)16-5-1-2-5/h3-5,10,16H,1-2H2,(H2,15,17). The van der Waals surface area contributed by atoms with Crippen molar-refractivity contribution in [1.82, 2.24) is 5.32 Å². The second kappa shape index (κ2) is 4.37. The molecule has 3 nitrogen and oxygen atoms in total. The number of halogens is 3. The summed E-state index contributed by atoms with van der Waals surface area (Å²) in [6, 6.07) is 0.0302. The second-order valence-corrected chi connectivity index (χ2v) is 4.06. The summed E-state index contributed by atoms with van der Waals surface area (Å²) in [5, 5.41) is 2.79. The van der Waals surface area contributed by atoms with Crippen LogP contribution in [0.2, 0.25) is 0 Å². The lowest BCUT2D eigenvalue weighted by Crippen LogP contribution is -2.35. The zero-order valence-electron chi connectivity index (χ0n) is 8.84. The quantitative estimate of drug-likeness (QED) is 0.786. The van der Waals surface area contributed by atoms with Crippen LogP contribution in [0, 0.1) is 17.5 Å². The van der Waals surface area contributed by atoms with Crippen molar-refractivity contribution in [3.8, 4) is 0 Å². The summed E-state index contributed by atoms with van der Waals surface area (Å²) in [7, 11) is 0. The van der Waals surface area contributed by atoms with E-state index in [1.54, 1.807) is 0 Å². The van der Waals surface area contributed by atoms with E-state index in [1.807, 2.05) is 0 Å². The first-order chi connectivity index (χ1) is 7.99. The second-order valence-electron chi connectivity index (χ2n) is 4.06. The minimum Gasteiger partial charge on any atom is -0.368 e. The van der Waals surface area contributed by atoms with Gasteiger partial charge in [-0.1, -0.05) is 0 Å². The van der Waals surface area contributed by atoms with Crippen molar-refractivity contribution in [3.05, 3.63) is 35.1 Å². The summed E-state index contributed by atoms with van der Waals surface area (Å²) in [5.74, 6) is -4.30. The summed E-state index contributed by atoms with van der Waals surface area (Å²) in [6.45, 7) is 0. The Labute approximate surface area is 95.8 Å². The summed E-state index contributed by atoms with van der Waals surface area (Å²) in [4.78, 5) is 11.2. The first kappa shape index (κ1) is 11.9. The van der Waals surface area contributed by atoms with Gasteiger partial charge in [-0.3, -0.25) is 10.1 Å². The predicted molar refractivity (Wildman–Crippen MR) is 54.4 cm³/mol. The van der Waals surface area contributed by atoms with Crippen LogP contribution in [0.5, 0.6) is 0 Å². The highest BCUT2D eigenvalue weighted by Gasteiger charge is 2.30. The molecule has 0 heterocycles. The molecule has 92 valence electrons. The van der Waals surface area contributed by atoms with Crippen molar-refractivity contribution in [2.24, 2.45) is 5.73 Å². The van der Waals surface area contributed by atoms with Gasteiger partial charge in [0.1, 0.15) is 11.9 Å². The van der Waals surface area contributed by atoms with Gasteiger partial charge >= 0.3 is 0 Å². The molecule has 1 amide bonds. The fraction of sp³-hybridized carbons (Fsp3) is 0.364. The Kier molecular flexibility index (Phi) is 3.06. The Morgan fingerprint density at radius 3 is 2.35 bits per heavy atom. The van der Waals surface area contributed by atoms with Crippen molar-refractivity contribution in [2.45, 2.75) is 24.9 Å². The van der Waals surface area contributed by atoms with Crippen LogP contribution in [0.15, 0.2) is 12.1 Å². The Balaban J connectivity index is 2.34. The van der Waals surface area contributed by atoms with Crippen molar-refractivity contribution in [3.63, 3.8) is 0 Å². The molecule has 1 unspecified atom stereocenters. The zero-order valence-corrected chi connectivity index (χ0v) is 8.84. The van der Waals surface area contributed by atoms with E-state index < -0.39 is 29.4 Å². The maximum atomic E-state index is 13.5. The molecule has 3 N–H and O–H groups in total. The van der Waals surface area contributed by atoms with Gasteiger partial charge in [0, 0.05) is 17.7 Å². The highest BCUT2D eigenvalue weighted by molar-refractivity contribution is 5.81. The van der Waals surface area contributed by atoms with E-state index in [0.29, 0.717) is 12.1 Å². The highest BCUT2D eigenvalue weighted by atomic mass is 19.2. The van der Waals surface area contributed by atoms with Gasteiger partial charge in [-0.15, -0.1) is 0 Å². The molecular weight excluding hydrogens is 233 g/mol. The lowest BCUT2D eigenvalue weighted by atomic mass is 10.1. The summed E-state index contributed by atoms with van der Waals surface area (Å²) in [6.07, 6.45) is 1.71. The lowest BCUT2D eigenvalue weighted by Gasteiger charge is -2.16. The third-order valence-electron chi connectivity index (χ3n) is 2.61. The fourth-order valence-electron chi connectivity index (χ4n) is 1.57. The van der Waals surface area contributed by atoms with E-state index in [4.69, 9.17) is 5.73 Å². The number of primary amides is 1. The van der Waals surface area contributed by atoms with E-state index >= 15 is 0 Å². The smallest absolute Gasteiger partial charge is 0.239 e. The lowest BCUT2D eigenvalue weighted by molar-refractivity contribution is -0.120. The maximum absolute atomic E-state index is 13.5. The molecule has 1 atom stereocenters. The van der Waals surface area contributed by atoms with E-state index in [-0.39, 0.29) is 11.6 Å². The van der Waals surface area contributed by atoms with E-state index in [9.17, 15) is 18.0 Å². The molecule has 1 aliphatic carbocycles. The molecule has 1 saturated carbocycles. The number of nitrogens with one attached hydrogen (secondary N) is 1. The van der Waals surface area contributed by atoms with Crippen LogP contribution in [0.4, 0.5) is 13.2 Å². The summed E-state index contributed by atoms with van der Waals surface area (Å²) >= 11 is 0. The number of amides is 1. The Hall–Kier alpha value is -1.56. The van der Waals surface area contributed by atoms with Gasteiger partial charge in [0.2, 0.25) is 5.91 Å². The number of benzene rings is 1. The third-order valence-corrected chi connectivity index (χ3v) is 2.61. The van der Waals surface area contributed by atoms with E-state index in [2.05, 4.69) is 5.32 Å². The molecule has 0 saturated heterocycles. The van der Waals surface area contributed by atoms with Gasteiger partial charge in [-0.2, -0.15) is 0 Å². The number of carbonyl (C=O) groups excluding carboxylic acids is 1. The maximum Gasteiger partial charge on any atom is 0.239 e. The molecule has 6 heteroatoms. The van der Waals surface area contributed by atoms with Gasteiger partial charge in [-0.05, 0) is 18.9 Å². The van der Waals surface area contributed by atoms with Gasteiger partial charge in [0.15, 0.2) is 11.6 Å². The van der Waals surface area contributed by atoms with Gasteiger partial charge in [0.25, 0.3) is 0 Å². The van der Waals surface area contributed by atoms with Gasteiger partial charge in [0.05, 0.1) is 0 Å². The summed E-state index contributed by atoms with van der Waals surface area (Å²) in [5.41, 5.74) is 4.86. The molecule has 17 heavy (non-hydrogen) atoms. The normalized spacial score (nSPS) is 16.9. The van der Waals surface area contributed by atoms with E-state index in [1.165, 1.54) is 0 Å². The molecule has 1 fully saturated rings. The number of rotatable bonds is 4. The molecule has 0 radical (unpaired) electrons.